The molecule has 1 aromatic carbocycles. The van der Waals surface area contributed by atoms with Gasteiger partial charge in [0.05, 0.1) is 0 Å². The molecular formula is C19H21FN2O4. The number of piperidine rings is 1. The van der Waals surface area contributed by atoms with Gasteiger partial charge in [-0.1, -0.05) is 0 Å². The second kappa shape index (κ2) is 6.79. The zero-order chi connectivity index (χ0) is 18.3. The molecule has 3 aliphatic rings. The predicted octanol–water partition coefficient (Wildman–Crippen LogP) is 1.61. The van der Waals surface area contributed by atoms with Crippen LogP contribution in [-0.4, -0.2) is 35.8 Å². The second-order valence-corrected chi connectivity index (χ2v) is 7.22. The number of benzene rings is 1. The van der Waals surface area contributed by atoms with Crippen LogP contribution in [-0.2, 0) is 32.2 Å². The van der Waals surface area contributed by atoms with E-state index in [-0.39, 0.29) is 36.4 Å². The summed E-state index contributed by atoms with van der Waals surface area (Å²) in [5.74, 6) is -2.05. The van der Waals surface area contributed by atoms with Gasteiger partial charge in [-0.3, -0.25) is 19.7 Å². The molecule has 0 spiro atoms. The van der Waals surface area contributed by atoms with E-state index >= 15 is 0 Å². The molecule has 3 heterocycles. The Hall–Kier alpha value is -2.28. The van der Waals surface area contributed by atoms with E-state index in [0.29, 0.717) is 26.3 Å². The normalized spacial score (nSPS) is 23.7. The van der Waals surface area contributed by atoms with Gasteiger partial charge in [-0.05, 0) is 54.0 Å². The van der Waals surface area contributed by atoms with Gasteiger partial charge >= 0.3 is 0 Å². The van der Waals surface area contributed by atoms with E-state index in [1.54, 1.807) is 11.0 Å². The molecule has 3 aliphatic heterocycles. The summed E-state index contributed by atoms with van der Waals surface area (Å²) >= 11 is 0. The lowest BCUT2D eigenvalue weighted by Gasteiger charge is -2.26. The van der Waals surface area contributed by atoms with Crippen molar-refractivity contribution in [2.24, 2.45) is 5.92 Å². The summed E-state index contributed by atoms with van der Waals surface area (Å²) in [5.41, 5.74) is 2.77. The predicted molar refractivity (Wildman–Crippen MR) is 89.3 cm³/mol. The number of imide groups is 1. The molecule has 0 aliphatic carbocycles. The summed E-state index contributed by atoms with van der Waals surface area (Å²) in [7, 11) is 0. The maximum atomic E-state index is 14.1. The highest BCUT2D eigenvalue weighted by Crippen LogP contribution is 2.36. The Morgan fingerprint density at radius 3 is 2.65 bits per heavy atom. The lowest BCUT2D eigenvalue weighted by Crippen LogP contribution is -2.47. The summed E-state index contributed by atoms with van der Waals surface area (Å²) in [4.78, 5) is 37.7. The third-order valence-corrected chi connectivity index (χ3v) is 5.56. The van der Waals surface area contributed by atoms with E-state index in [4.69, 9.17) is 4.74 Å². The van der Waals surface area contributed by atoms with Crippen molar-refractivity contribution in [3.8, 4) is 0 Å². The van der Waals surface area contributed by atoms with E-state index in [9.17, 15) is 18.8 Å². The van der Waals surface area contributed by atoms with Crippen LogP contribution in [0.25, 0.3) is 0 Å². The number of hydrogen-bond acceptors (Lipinski definition) is 4. The Kier molecular flexibility index (Phi) is 4.48. The summed E-state index contributed by atoms with van der Waals surface area (Å²) in [6.45, 7) is 2.02. The molecule has 2 fully saturated rings. The molecular weight excluding hydrogens is 339 g/mol. The smallest absolute Gasteiger partial charge is 0.239 e. The lowest BCUT2D eigenvalue weighted by atomic mass is 9.87. The number of amides is 3. The first-order chi connectivity index (χ1) is 12.5. The van der Waals surface area contributed by atoms with E-state index in [0.717, 1.165) is 29.5 Å². The molecule has 0 aromatic heterocycles. The highest BCUT2D eigenvalue weighted by molar-refractivity contribution is 6.08. The van der Waals surface area contributed by atoms with Crippen molar-refractivity contribution in [1.29, 1.82) is 0 Å². The van der Waals surface area contributed by atoms with Crippen LogP contribution in [0.1, 0.15) is 48.3 Å². The van der Waals surface area contributed by atoms with E-state index in [2.05, 4.69) is 5.32 Å². The zero-order valence-electron chi connectivity index (χ0n) is 14.4. The van der Waals surface area contributed by atoms with Crippen molar-refractivity contribution in [3.63, 3.8) is 0 Å². The SMILES string of the molecule is O=C1CCC(C(=O)N2Cc3cc(F)cc(C4CCOCC4)c3C2)C(=O)N1. The van der Waals surface area contributed by atoms with Gasteiger partial charge in [0.1, 0.15) is 11.7 Å². The average molecular weight is 360 g/mol. The van der Waals surface area contributed by atoms with Crippen LogP contribution in [0, 0.1) is 11.7 Å². The largest absolute Gasteiger partial charge is 0.381 e. The van der Waals surface area contributed by atoms with Crippen molar-refractivity contribution >= 4 is 17.7 Å². The quantitative estimate of drug-likeness (QED) is 0.642. The van der Waals surface area contributed by atoms with Crippen LogP contribution in [0.2, 0.25) is 0 Å². The van der Waals surface area contributed by atoms with Gasteiger partial charge in [-0.15, -0.1) is 0 Å². The van der Waals surface area contributed by atoms with Crippen molar-refractivity contribution in [2.75, 3.05) is 13.2 Å². The van der Waals surface area contributed by atoms with Gasteiger partial charge in [0.25, 0.3) is 0 Å². The highest BCUT2D eigenvalue weighted by atomic mass is 19.1. The van der Waals surface area contributed by atoms with Crippen molar-refractivity contribution in [1.82, 2.24) is 10.2 Å². The Bertz CT molecular complexity index is 773. The van der Waals surface area contributed by atoms with Crippen molar-refractivity contribution in [2.45, 2.75) is 44.7 Å². The molecule has 2 saturated heterocycles. The first kappa shape index (κ1) is 17.1. The molecule has 0 bridgehead atoms. The lowest BCUT2D eigenvalue weighted by molar-refractivity contribution is -0.146. The molecule has 138 valence electrons. The number of hydrogen-bond donors (Lipinski definition) is 1. The Labute approximate surface area is 150 Å². The number of nitrogens with zero attached hydrogens (tertiary/aromatic N) is 1. The number of ether oxygens (including phenoxy) is 1. The van der Waals surface area contributed by atoms with Crippen LogP contribution in [0.4, 0.5) is 4.39 Å². The minimum Gasteiger partial charge on any atom is -0.381 e. The third-order valence-electron chi connectivity index (χ3n) is 5.56. The van der Waals surface area contributed by atoms with Crippen LogP contribution in [0.5, 0.6) is 0 Å². The van der Waals surface area contributed by atoms with Gasteiger partial charge in [0.2, 0.25) is 17.7 Å². The molecule has 7 heteroatoms. The van der Waals surface area contributed by atoms with Crippen molar-refractivity contribution < 1.29 is 23.5 Å². The van der Waals surface area contributed by atoms with E-state index in [1.807, 2.05) is 0 Å². The Morgan fingerprint density at radius 2 is 1.92 bits per heavy atom. The molecule has 1 N–H and O–H groups in total. The molecule has 1 atom stereocenters. The Balaban J connectivity index is 1.56. The summed E-state index contributed by atoms with van der Waals surface area (Å²) < 4.78 is 19.5. The van der Waals surface area contributed by atoms with Gasteiger partial charge in [-0.25, -0.2) is 4.39 Å². The Morgan fingerprint density at radius 1 is 1.15 bits per heavy atom. The number of halogens is 1. The third kappa shape index (κ3) is 3.11. The molecule has 1 aromatic rings. The standard InChI is InChI=1S/C19H21FN2O4/c20-13-7-12-9-22(19(25)14-1-2-17(23)21-18(14)24)10-16(12)15(8-13)11-3-5-26-6-4-11/h7-8,11,14H,1-6,9-10H2,(H,21,23,24). The summed E-state index contributed by atoms with van der Waals surface area (Å²) in [6.07, 6.45) is 2.09. The molecule has 4 rings (SSSR count). The maximum absolute atomic E-state index is 14.1. The van der Waals surface area contributed by atoms with Crippen LogP contribution < -0.4 is 5.32 Å². The monoisotopic (exact) mass is 360 g/mol. The highest BCUT2D eigenvalue weighted by Gasteiger charge is 2.38. The van der Waals surface area contributed by atoms with Gasteiger partial charge in [0, 0.05) is 32.7 Å². The number of carbonyl (C=O) groups is 3. The number of fused-ring (bicyclic) bond motifs is 1. The summed E-state index contributed by atoms with van der Waals surface area (Å²) in [5, 5.41) is 2.23. The molecule has 0 radical (unpaired) electrons. The maximum Gasteiger partial charge on any atom is 0.239 e. The fourth-order valence-corrected chi connectivity index (χ4v) is 4.18. The topological polar surface area (TPSA) is 75.7 Å². The number of carbonyl (C=O) groups excluding carboxylic acids is 3. The first-order valence-corrected chi connectivity index (χ1v) is 9.04. The summed E-state index contributed by atoms with van der Waals surface area (Å²) in [6, 6.07) is 3.06. The van der Waals surface area contributed by atoms with Gasteiger partial charge in [0.15, 0.2) is 0 Å². The van der Waals surface area contributed by atoms with Gasteiger partial charge in [-0.2, -0.15) is 0 Å². The minimum atomic E-state index is -0.835. The number of rotatable bonds is 2. The molecule has 3 amide bonds. The van der Waals surface area contributed by atoms with Crippen LogP contribution in [0.3, 0.4) is 0 Å². The second-order valence-electron chi connectivity index (χ2n) is 7.22. The van der Waals surface area contributed by atoms with Crippen LogP contribution >= 0.6 is 0 Å². The average Bonchev–Trinajstić information content (AvgIpc) is 3.05. The number of nitrogens with one attached hydrogen (secondary N) is 1. The van der Waals surface area contributed by atoms with E-state index < -0.39 is 11.8 Å². The fraction of sp³-hybridized carbons (Fsp3) is 0.526. The van der Waals surface area contributed by atoms with Crippen LogP contribution in [0.15, 0.2) is 12.1 Å². The molecule has 1 unspecified atom stereocenters. The molecule has 26 heavy (non-hydrogen) atoms. The minimum absolute atomic E-state index is 0.172. The molecule has 0 saturated carbocycles. The van der Waals surface area contributed by atoms with E-state index in [1.165, 1.54) is 6.07 Å². The molecule has 6 nitrogen and oxygen atoms in total. The zero-order valence-corrected chi connectivity index (χ0v) is 14.4. The van der Waals surface area contributed by atoms with Crippen molar-refractivity contribution in [3.05, 3.63) is 34.6 Å². The fourth-order valence-electron chi connectivity index (χ4n) is 4.18. The van der Waals surface area contributed by atoms with Gasteiger partial charge < -0.3 is 9.64 Å². The first-order valence-electron chi connectivity index (χ1n) is 9.04.